The van der Waals surface area contributed by atoms with E-state index in [2.05, 4.69) is 111 Å². The molecule has 1 N–H and O–H groups in total. The number of ether oxygens (including phenoxy) is 2. The van der Waals surface area contributed by atoms with E-state index in [9.17, 15) is 9.90 Å². The highest BCUT2D eigenvalue weighted by molar-refractivity contribution is 5.69. The van der Waals surface area contributed by atoms with Crippen LogP contribution < -0.4 is 0 Å². The van der Waals surface area contributed by atoms with Gasteiger partial charge in [-0.3, -0.25) is 4.79 Å². The van der Waals surface area contributed by atoms with Gasteiger partial charge >= 0.3 is 5.97 Å². The molecule has 0 aliphatic rings. The minimum absolute atomic E-state index is 0.186. The molecule has 4 heteroatoms. The van der Waals surface area contributed by atoms with Crippen LogP contribution >= 0.6 is 0 Å². The van der Waals surface area contributed by atoms with Gasteiger partial charge in [0, 0.05) is 13.0 Å². The average Bonchev–Trinajstić information content (AvgIpc) is 3.19. The Hall–Kier alpha value is -2.69. The normalized spacial score (nSPS) is 13.3. The van der Waals surface area contributed by atoms with Crippen LogP contribution in [0.1, 0.15) is 194 Å². The third-order valence-corrected chi connectivity index (χ3v) is 9.39. The molecule has 0 spiro atoms. The fourth-order valence-electron chi connectivity index (χ4n) is 6.01. The van der Waals surface area contributed by atoms with Crippen LogP contribution in [0.4, 0.5) is 0 Å². The van der Waals surface area contributed by atoms with Gasteiger partial charge in [0.1, 0.15) is 6.10 Å². The molecule has 0 heterocycles. The summed E-state index contributed by atoms with van der Waals surface area (Å²) in [4.78, 5) is 12.2. The molecule has 0 aromatic heterocycles. The number of aliphatic hydroxyl groups is 1. The molecule has 0 saturated carbocycles. The number of hydrogen-bond acceptors (Lipinski definition) is 4. The Morgan fingerprint density at radius 3 is 1.24 bits per heavy atom. The number of esters is 1. The van der Waals surface area contributed by atoms with E-state index < -0.39 is 6.10 Å². The predicted molar refractivity (Wildman–Crippen MR) is 242 cm³/mol. The van der Waals surface area contributed by atoms with E-state index in [4.69, 9.17) is 9.47 Å². The van der Waals surface area contributed by atoms with Crippen LogP contribution in [-0.4, -0.2) is 37.0 Å². The van der Waals surface area contributed by atoms with Crippen LogP contribution in [0.25, 0.3) is 0 Å². The summed E-state index contributed by atoms with van der Waals surface area (Å²) in [6.45, 7) is 5.17. The monoisotopic (exact) mass is 763 g/mol. The number of rotatable bonds is 41. The molecule has 0 radical (unpaired) electrons. The maximum atomic E-state index is 12.2. The molecule has 0 bridgehead atoms. The van der Waals surface area contributed by atoms with Gasteiger partial charge < -0.3 is 14.6 Å². The molecule has 4 nitrogen and oxygen atoms in total. The molecule has 0 aromatic rings. The van der Waals surface area contributed by atoms with Crippen molar-refractivity contribution in [2.45, 2.75) is 200 Å². The summed E-state index contributed by atoms with van der Waals surface area (Å²) in [7, 11) is 0. The lowest BCUT2D eigenvalue weighted by Crippen LogP contribution is -2.27. The number of carbonyl (C=O) groups is 1. The molecule has 1 atom stereocenters. The molecular formula is C51H86O4. The van der Waals surface area contributed by atoms with Gasteiger partial charge in [0.25, 0.3) is 0 Å². The van der Waals surface area contributed by atoms with E-state index in [0.29, 0.717) is 13.0 Å². The largest absolute Gasteiger partial charge is 0.457 e. The number of hydrogen-bond donors (Lipinski definition) is 1. The molecule has 0 amide bonds. The fraction of sp³-hybridized carbons (Fsp3) is 0.667. The Morgan fingerprint density at radius 1 is 0.455 bits per heavy atom. The van der Waals surface area contributed by atoms with E-state index in [0.717, 1.165) is 77.0 Å². The molecule has 0 saturated heterocycles. The van der Waals surface area contributed by atoms with Crippen molar-refractivity contribution in [3.63, 3.8) is 0 Å². The first-order valence-corrected chi connectivity index (χ1v) is 22.8. The zero-order valence-corrected chi connectivity index (χ0v) is 35.9. The van der Waals surface area contributed by atoms with Gasteiger partial charge in [0.05, 0.1) is 13.2 Å². The molecular weight excluding hydrogens is 677 g/mol. The van der Waals surface area contributed by atoms with Crippen LogP contribution in [0.3, 0.4) is 0 Å². The van der Waals surface area contributed by atoms with Gasteiger partial charge in [-0.25, -0.2) is 0 Å². The first kappa shape index (κ1) is 52.3. The van der Waals surface area contributed by atoms with E-state index in [1.807, 2.05) is 0 Å². The molecule has 55 heavy (non-hydrogen) atoms. The van der Waals surface area contributed by atoms with Crippen LogP contribution in [0.2, 0.25) is 0 Å². The maximum Gasteiger partial charge on any atom is 0.306 e. The lowest BCUT2D eigenvalue weighted by Gasteiger charge is -2.15. The Kier molecular flexibility index (Phi) is 45.1. The van der Waals surface area contributed by atoms with Gasteiger partial charge in [-0.15, -0.1) is 0 Å². The Balaban J connectivity index is 3.53. The first-order chi connectivity index (χ1) is 27.2. The van der Waals surface area contributed by atoms with E-state index >= 15 is 0 Å². The van der Waals surface area contributed by atoms with Gasteiger partial charge in [-0.1, -0.05) is 188 Å². The van der Waals surface area contributed by atoms with Crippen molar-refractivity contribution in [1.82, 2.24) is 0 Å². The van der Waals surface area contributed by atoms with Crippen molar-refractivity contribution in [3.8, 4) is 0 Å². The molecule has 0 aliphatic heterocycles. The number of aliphatic hydroxyl groups excluding tert-OH is 1. The van der Waals surface area contributed by atoms with Crippen LogP contribution in [0.5, 0.6) is 0 Å². The third kappa shape index (κ3) is 45.6. The average molecular weight is 763 g/mol. The predicted octanol–water partition coefficient (Wildman–Crippen LogP) is 15.3. The summed E-state index contributed by atoms with van der Waals surface area (Å²) in [6.07, 6.45) is 67.5. The standard InChI is InChI=1S/C51H86O4/c1-3-5-7-9-11-13-15-17-19-21-23-24-25-26-27-28-29-30-32-34-36-38-40-42-44-46-51(53)55-50(48-52)49-54-47-45-43-41-39-37-35-33-31-22-20-18-16-14-12-10-8-6-4-2/h5,7,11-14,17-20,23-24,26-27,29-30,50,52H,3-4,6,8-10,15-16,21-22,25,28,31-49H2,1-2H3/b7-5-,13-11-,14-12-,19-17-,20-18-,24-23-,27-26-,30-29-. The lowest BCUT2D eigenvalue weighted by molar-refractivity contribution is -0.154. The van der Waals surface area contributed by atoms with E-state index in [-0.39, 0.29) is 19.2 Å². The van der Waals surface area contributed by atoms with Crippen molar-refractivity contribution in [1.29, 1.82) is 0 Å². The quantitative estimate of drug-likeness (QED) is 0.0383. The van der Waals surface area contributed by atoms with Gasteiger partial charge in [-0.05, 0) is 96.3 Å². The molecule has 0 aromatic carbocycles. The van der Waals surface area contributed by atoms with Gasteiger partial charge in [0.2, 0.25) is 0 Å². The van der Waals surface area contributed by atoms with Crippen LogP contribution in [0, 0.1) is 0 Å². The van der Waals surface area contributed by atoms with Crippen LogP contribution in [0.15, 0.2) is 97.2 Å². The zero-order valence-electron chi connectivity index (χ0n) is 35.9. The minimum atomic E-state index is -0.552. The zero-order chi connectivity index (χ0) is 39.8. The Bertz CT molecular complexity index is 1030. The van der Waals surface area contributed by atoms with Crippen molar-refractivity contribution < 1.29 is 19.4 Å². The van der Waals surface area contributed by atoms with Crippen molar-refractivity contribution in [2.24, 2.45) is 0 Å². The summed E-state index contributed by atoms with van der Waals surface area (Å²) in [5.74, 6) is -0.221. The molecule has 314 valence electrons. The first-order valence-electron chi connectivity index (χ1n) is 22.8. The summed E-state index contributed by atoms with van der Waals surface area (Å²) in [5, 5.41) is 9.62. The third-order valence-electron chi connectivity index (χ3n) is 9.39. The highest BCUT2D eigenvalue weighted by Gasteiger charge is 2.13. The summed E-state index contributed by atoms with van der Waals surface area (Å²) in [5.41, 5.74) is 0. The van der Waals surface area contributed by atoms with Crippen molar-refractivity contribution in [2.75, 3.05) is 19.8 Å². The minimum Gasteiger partial charge on any atom is -0.457 e. The maximum absolute atomic E-state index is 12.2. The van der Waals surface area contributed by atoms with Crippen molar-refractivity contribution in [3.05, 3.63) is 97.2 Å². The number of allylic oxidation sites excluding steroid dienone is 16. The second-order valence-corrected chi connectivity index (χ2v) is 14.7. The number of carbonyl (C=O) groups excluding carboxylic acids is 1. The SMILES string of the molecule is CC/C=C\C/C=C\C/C=C\C/C=C\C/C=C\C/C=C\CCCCCCCCC(=O)OC(CO)COCCCCCCCCCC/C=C\C/C=C\CCCCC. The number of unbranched alkanes of at least 4 members (excludes halogenated alkanes) is 17. The second-order valence-electron chi connectivity index (χ2n) is 14.7. The smallest absolute Gasteiger partial charge is 0.306 e. The molecule has 0 rings (SSSR count). The van der Waals surface area contributed by atoms with E-state index in [1.54, 1.807) is 0 Å². The Morgan fingerprint density at radius 2 is 0.818 bits per heavy atom. The highest BCUT2D eigenvalue weighted by Crippen LogP contribution is 2.12. The lowest BCUT2D eigenvalue weighted by atomic mass is 10.1. The van der Waals surface area contributed by atoms with Gasteiger partial charge in [0.15, 0.2) is 0 Å². The topological polar surface area (TPSA) is 55.8 Å². The van der Waals surface area contributed by atoms with Crippen molar-refractivity contribution >= 4 is 5.97 Å². The highest BCUT2D eigenvalue weighted by atomic mass is 16.6. The summed E-state index contributed by atoms with van der Waals surface area (Å²) >= 11 is 0. The molecule has 0 aliphatic carbocycles. The fourth-order valence-corrected chi connectivity index (χ4v) is 6.01. The summed E-state index contributed by atoms with van der Waals surface area (Å²) < 4.78 is 11.2. The molecule has 1 unspecified atom stereocenters. The van der Waals surface area contributed by atoms with Crippen LogP contribution in [-0.2, 0) is 14.3 Å². The Labute approximate surface area is 341 Å². The van der Waals surface area contributed by atoms with E-state index in [1.165, 1.54) is 96.3 Å². The molecule has 0 fully saturated rings. The second kappa shape index (κ2) is 47.5. The van der Waals surface area contributed by atoms with Gasteiger partial charge in [-0.2, -0.15) is 0 Å². The summed E-state index contributed by atoms with van der Waals surface area (Å²) in [6, 6.07) is 0.